The molecule has 0 bridgehead atoms. The highest BCUT2D eigenvalue weighted by molar-refractivity contribution is 9.10. The third kappa shape index (κ3) is 4.32. The predicted molar refractivity (Wildman–Crippen MR) is 130 cm³/mol. The minimum Gasteiger partial charge on any atom is -0.352 e. The van der Waals surface area contributed by atoms with E-state index in [0.29, 0.717) is 12.1 Å². The predicted octanol–water partition coefficient (Wildman–Crippen LogP) is 4.82. The van der Waals surface area contributed by atoms with Crippen LogP contribution in [0.2, 0.25) is 0 Å². The number of nitrogens with one attached hydrogen (secondary N) is 1. The van der Waals surface area contributed by atoms with Crippen LogP contribution in [0.25, 0.3) is 22.2 Å². The van der Waals surface area contributed by atoms with Gasteiger partial charge in [-0.05, 0) is 62.2 Å². The van der Waals surface area contributed by atoms with E-state index in [9.17, 15) is 4.79 Å². The summed E-state index contributed by atoms with van der Waals surface area (Å²) in [7, 11) is 0. The summed E-state index contributed by atoms with van der Waals surface area (Å²) >= 11 is 3.56. The van der Waals surface area contributed by atoms with Crippen molar-refractivity contribution in [3.63, 3.8) is 0 Å². The molecule has 0 fully saturated rings. The summed E-state index contributed by atoms with van der Waals surface area (Å²) < 4.78 is 4.90. The fourth-order valence-corrected chi connectivity index (χ4v) is 4.14. The number of amides is 1. The Morgan fingerprint density at radius 2 is 1.91 bits per heavy atom. The summed E-state index contributed by atoms with van der Waals surface area (Å²) in [4.78, 5) is 17.9. The van der Waals surface area contributed by atoms with Gasteiger partial charge in [0.15, 0.2) is 0 Å². The molecular formula is C24H27BrN6O. The zero-order valence-corrected chi connectivity index (χ0v) is 20.4. The van der Waals surface area contributed by atoms with Crippen molar-refractivity contribution in [3.8, 4) is 11.3 Å². The largest absolute Gasteiger partial charge is 0.352 e. The summed E-state index contributed by atoms with van der Waals surface area (Å²) in [6.07, 6.45) is 2.78. The second-order valence-corrected chi connectivity index (χ2v) is 8.67. The molecule has 166 valence electrons. The molecular weight excluding hydrogens is 468 g/mol. The Balaban J connectivity index is 1.55. The number of aromatic nitrogens is 5. The van der Waals surface area contributed by atoms with Gasteiger partial charge in [-0.3, -0.25) is 14.2 Å². The number of hydrogen-bond acceptors (Lipinski definition) is 4. The zero-order chi connectivity index (χ0) is 22.8. The average molecular weight is 495 g/mol. The number of aryl methyl sites for hydroxylation is 4. The van der Waals surface area contributed by atoms with Gasteiger partial charge in [0.2, 0.25) is 0 Å². The lowest BCUT2D eigenvalue weighted by Gasteiger charge is -2.11. The van der Waals surface area contributed by atoms with E-state index in [1.807, 2.05) is 73.6 Å². The number of carbonyl (C=O) groups is 1. The molecule has 0 saturated carbocycles. The van der Waals surface area contributed by atoms with Crippen LogP contribution in [0.15, 0.2) is 41.0 Å². The number of benzene rings is 1. The third-order valence-electron chi connectivity index (χ3n) is 5.63. The molecule has 0 aliphatic carbocycles. The van der Waals surface area contributed by atoms with Gasteiger partial charge in [-0.2, -0.15) is 10.2 Å². The summed E-state index contributed by atoms with van der Waals surface area (Å²) in [5, 5.41) is 13.0. The molecule has 7 nitrogen and oxygen atoms in total. The molecule has 0 saturated heterocycles. The summed E-state index contributed by atoms with van der Waals surface area (Å²) in [6.45, 7) is 10.1. The van der Waals surface area contributed by atoms with Crippen molar-refractivity contribution in [3.05, 3.63) is 63.6 Å². The van der Waals surface area contributed by atoms with Crippen molar-refractivity contribution in [1.82, 2.24) is 29.9 Å². The SMILES string of the molecule is CCn1cc(-c2cc(C(=O)NCCCn3nc(C)c(Br)c3C)c3ccccc3n2)c(C)n1. The molecule has 0 aliphatic rings. The van der Waals surface area contributed by atoms with E-state index >= 15 is 0 Å². The van der Waals surface area contributed by atoms with Crippen molar-refractivity contribution >= 4 is 32.7 Å². The fourth-order valence-electron chi connectivity index (χ4n) is 3.85. The van der Waals surface area contributed by atoms with Gasteiger partial charge in [0.1, 0.15) is 0 Å². The highest BCUT2D eigenvalue weighted by atomic mass is 79.9. The fraction of sp³-hybridized carbons (Fsp3) is 0.333. The van der Waals surface area contributed by atoms with Gasteiger partial charge in [-0.25, -0.2) is 4.98 Å². The van der Waals surface area contributed by atoms with Crippen molar-refractivity contribution in [2.45, 2.75) is 47.2 Å². The van der Waals surface area contributed by atoms with Crippen LogP contribution in [0.5, 0.6) is 0 Å². The van der Waals surface area contributed by atoms with Crippen molar-refractivity contribution in [1.29, 1.82) is 0 Å². The molecule has 0 aliphatic heterocycles. The smallest absolute Gasteiger partial charge is 0.252 e. The van der Waals surface area contributed by atoms with Crippen molar-refractivity contribution in [2.75, 3.05) is 6.54 Å². The maximum atomic E-state index is 13.1. The summed E-state index contributed by atoms with van der Waals surface area (Å²) in [5.74, 6) is -0.0973. The van der Waals surface area contributed by atoms with Crippen molar-refractivity contribution < 1.29 is 4.79 Å². The Kier molecular flexibility index (Phi) is 6.41. The van der Waals surface area contributed by atoms with Gasteiger partial charge >= 0.3 is 0 Å². The number of pyridine rings is 1. The van der Waals surface area contributed by atoms with Crippen LogP contribution < -0.4 is 5.32 Å². The normalized spacial score (nSPS) is 11.3. The Morgan fingerprint density at radius 3 is 2.59 bits per heavy atom. The molecule has 4 rings (SSSR count). The number of fused-ring (bicyclic) bond motifs is 1. The Bertz CT molecular complexity index is 1290. The highest BCUT2D eigenvalue weighted by Crippen LogP contribution is 2.27. The van der Waals surface area contributed by atoms with Crippen molar-refractivity contribution in [2.24, 2.45) is 0 Å². The maximum absolute atomic E-state index is 13.1. The zero-order valence-electron chi connectivity index (χ0n) is 18.8. The lowest BCUT2D eigenvalue weighted by Crippen LogP contribution is -2.26. The van der Waals surface area contributed by atoms with Crippen LogP contribution in [0.1, 0.15) is 40.8 Å². The number of carbonyl (C=O) groups excluding carboxylic acids is 1. The molecule has 0 radical (unpaired) electrons. The first-order valence-corrected chi connectivity index (χ1v) is 11.6. The Labute approximate surface area is 196 Å². The van der Waals surface area contributed by atoms with Crippen LogP contribution in [-0.4, -0.2) is 37.0 Å². The molecule has 4 aromatic rings. The first kappa shape index (κ1) is 22.2. The van der Waals surface area contributed by atoms with E-state index < -0.39 is 0 Å². The monoisotopic (exact) mass is 494 g/mol. The van der Waals surface area contributed by atoms with E-state index in [2.05, 4.69) is 31.4 Å². The van der Waals surface area contributed by atoms with Gasteiger partial charge in [0.25, 0.3) is 5.91 Å². The van der Waals surface area contributed by atoms with Crippen LogP contribution in [-0.2, 0) is 13.1 Å². The molecule has 32 heavy (non-hydrogen) atoms. The average Bonchev–Trinajstić information content (AvgIpc) is 3.30. The third-order valence-corrected chi connectivity index (χ3v) is 6.78. The molecule has 8 heteroatoms. The quantitative estimate of drug-likeness (QED) is 0.373. The van der Waals surface area contributed by atoms with Gasteiger partial charge in [0, 0.05) is 42.5 Å². The molecule has 0 unspecified atom stereocenters. The topological polar surface area (TPSA) is 77.6 Å². The molecule has 0 spiro atoms. The minimum absolute atomic E-state index is 0.0973. The van der Waals surface area contributed by atoms with Gasteiger partial charge in [0.05, 0.1) is 32.6 Å². The summed E-state index contributed by atoms with van der Waals surface area (Å²) in [6, 6.07) is 9.63. The first-order chi connectivity index (χ1) is 15.4. The molecule has 3 heterocycles. The van der Waals surface area contributed by atoms with E-state index in [1.165, 1.54) is 0 Å². The molecule has 0 atom stereocenters. The van der Waals surface area contributed by atoms with Crippen LogP contribution in [0, 0.1) is 20.8 Å². The van der Waals surface area contributed by atoms with Gasteiger partial charge in [-0.1, -0.05) is 18.2 Å². The van der Waals surface area contributed by atoms with Crippen LogP contribution in [0.3, 0.4) is 0 Å². The second kappa shape index (κ2) is 9.24. The standard InChI is InChI=1S/C24H27BrN6O/c1-5-30-14-20(15(2)28-30)22-13-19(18-9-6-7-10-21(18)27-22)24(32)26-11-8-12-31-17(4)23(25)16(3)29-31/h6-7,9-10,13-14H,5,8,11-12H2,1-4H3,(H,26,32). The second-order valence-electron chi connectivity index (χ2n) is 7.87. The minimum atomic E-state index is -0.0973. The molecule has 1 N–H and O–H groups in total. The van der Waals surface area contributed by atoms with Crippen LogP contribution >= 0.6 is 15.9 Å². The Hall–Kier alpha value is -3.00. The highest BCUT2D eigenvalue weighted by Gasteiger charge is 2.16. The summed E-state index contributed by atoms with van der Waals surface area (Å²) in [5.41, 5.74) is 6.11. The maximum Gasteiger partial charge on any atom is 0.252 e. The first-order valence-electron chi connectivity index (χ1n) is 10.8. The lowest BCUT2D eigenvalue weighted by molar-refractivity contribution is 0.0954. The van der Waals surface area contributed by atoms with E-state index in [1.54, 1.807) is 0 Å². The number of nitrogens with zero attached hydrogens (tertiary/aromatic N) is 5. The van der Waals surface area contributed by atoms with Gasteiger partial charge in [-0.15, -0.1) is 0 Å². The molecule has 3 aromatic heterocycles. The molecule has 1 amide bonds. The molecule has 1 aromatic carbocycles. The van der Waals surface area contributed by atoms with Gasteiger partial charge < -0.3 is 5.32 Å². The van der Waals surface area contributed by atoms with E-state index in [-0.39, 0.29) is 5.91 Å². The number of rotatable bonds is 7. The number of halogens is 1. The Morgan fingerprint density at radius 1 is 1.12 bits per heavy atom. The van der Waals surface area contributed by atoms with E-state index in [0.717, 1.165) is 63.2 Å². The number of hydrogen-bond donors (Lipinski definition) is 1. The number of para-hydroxylation sites is 1. The van der Waals surface area contributed by atoms with E-state index in [4.69, 9.17) is 4.98 Å². The lowest BCUT2D eigenvalue weighted by atomic mass is 10.0. The van der Waals surface area contributed by atoms with Crippen LogP contribution in [0.4, 0.5) is 0 Å².